The normalized spacial score (nSPS) is 25.8. The van der Waals surface area contributed by atoms with E-state index in [0.717, 1.165) is 12.1 Å². The Morgan fingerprint density at radius 1 is 1.16 bits per heavy atom. The second-order valence-corrected chi connectivity index (χ2v) is 12.6. The molecule has 3 atom stereocenters. The highest BCUT2D eigenvalue weighted by Gasteiger charge is 2.59. The number of aliphatic hydroxyl groups is 2. The Balaban J connectivity index is 1.36. The van der Waals surface area contributed by atoms with Crippen molar-refractivity contribution in [2.75, 3.05) is 5.32 Å². The summed E-state index contributed by atoms with van der Waals surface area (Å²) in [5, 5.41) is 24.0. The minimum absolute atomic E-state index is 0.00523. The second-order valence-electron chi connectivity index (χ2n) is 10.0. The van der Waals surface area contributed by atoms with Gasteiger partial charge >= 0.3 is 0 Å². The third kappa shape index (κ3) is 4.72. The molecule has 3 N–H and O–H groups in total. The first-order valence-corrected chi connectivity index (χ1v) is 14.1. The van der Waals surface area contributed by atoms with E-state index in [1.54, 1.807) is 23.3 Å². The Morgan fingerprint density at radius 2 is 1.87 bits per heavy atom. The minimum Gasteiger partial charge on any atom is -0.388 e. The molecule has 0 radical (unpaired) electrons. The van der Waals surface area contributed by atoms with Crippen molar-refractivity contribution in [3.8, 4) is 0 Å². The van der Waals surface area contributed by atoms with Gasteiger partial charge in [-0.2, -0.15) is 0 Å². The lowest BCUT2D eigenvalue weighted by atomic mass is 9.71. The predicted octanol–water partition coefficient (Wildman–Crippen LogP) is 3.82. The molecule has 12 heteroatoms. The van der Waals surface area contributed by atoms with Gasteiger partial charge in [0, 0.05) is 29.7 Å². The molecule has 2 fully saturated rings. The zero-order chi connectivity index (χ0) is 27.2. The van der Waals surface area contributed by atoms with Crippen LogP contribution in [0.1, 0.15) is 36.0 Å². The molecule has 202 valence electrons. The number of amides is 1. The molecule has 5 rings (SSSR count). The molecular formula is C26H26ClF2N3O5S. The Bertz CT molecular complexity index is 1450. The standard InChI is InChI=1S/C26H26ClF2N3O5S/c27-20-5-1-15(25(34)31-18-4-6-21(28)22(29)12-18)9-23(20)38(36,37)19-10-16-2-3-17(11-19)26(16,35)24(33)13-32-8-7-30-14-32/h1,4-9,12,14,16-17,19,24,33,35H,2-3,10-11,13H2,(H,31,34)/t16?,17?,19-,24?,26+. The number of halogens is 3. The van der Waals surface area contributed by atoms with Crippen molar-refractivity contribution in [1.29, 1.82) is 0 Å². The van der Waals surface area contributed by atoms with E-state index < -0.39 is 56.2 Å². The number of anilines is 1. The molecule has 2 bridgehead atoms. The second kappa shape index (κ2) is 10.0. The number of carbonyl (C=O) groups is 1. The first kappa shape index (κ1) is 26.7. The Labute approximate surface area is 223 Å². The number of rotatable bonds is 7. The third-order valence-corrected chi connectivity index (χ3v) is 10.5. The zero-order valence-corrected chi connectivity index (χ0v) is 21.7. The maximum absolute atomic E-state index is 13.7. The Morgan fingerprint density at radius 3 is 2.50 bits per heavy atom. The van der Waals surface area contributed by atoms with Gasteiger partial charge in [-0.05, 0) is 67.9 Å². The van der Waals surface area contributed by atoms with E-state index in [-0.39, 0.29) is 40.6 Å². The van der Waals surface area contributed by atoms with Crippen molar-refractivity contribution in [3.63, 3.8) is 0 Å². The van der Waals surface area contributed by atoms with E-state index in [9.17, 15) is 32.2 Å². The molecule has 3 unspecified atom stereocenters. The number of nitrogens with zero attached hydrogens (tertiary/aromatic N) is 2. The number of aliphatic hydroxyl groups excluding tert-OH is 1. The largest absolute Gasteiger partial charge is 0.388 e. The van der Waals surface area contributed by atoms with Crippen LogP contribution in [0, 0.1) is 23.5 Å². The van der Waals surface area contributed by atoms with Crippen LogP contribution in [0.2, 0.25) is 5.02 Å². The first-order chi connectivity index (χ1) is 18.0. The van der Waals surface area contributed by atoms with Gasteiger partial charge in [0.05, 0.1) is 33.6 Å². The molecule has 0 saturated heterocycles. The van der Waals surface area contributed by atoms with E-state index in [2.05, 4.69) is 10.3 Å². The van der Waals surface area contributed by atoms with Crippen molar-refractivity contribution in [3.05, 3.63) is 77.3 Å². The number of carbonyl (C=O) groups excluding carboxylic acids is 1. The number of aromatic nitrogens is 2. The van der Waals surface area contributed by atoms with Crippen LogP contribution in [0.3, 0.4) is 0 Å². The van der Waals surface area contributed by atoms with Crippen LogP contribution in [-0.2, 0) is 16.4 Å². The summed E-state index contributed by atoms with van der Waals surface area (Å²) >= 11 is 6.28. The molecule has 38 heavy (non-hydrogen) atoms. The molecule has 1 aromatic heterocycles. The van der Waals surface area contributed by atoms with Gasteiger partial charge in [-0.3, -0.25) is 4.79 Å². The maximum Gasteiger partial charge on any atom is 0.255 e. The molecule has 0 aliphatic heterocycles. The predicted molar refractivity (Wildman–Crippen MR) is 135 cm³/mol. The van der Waals surface area contributed by atoms with Gasteiger partial charge in [0.1, 0.15) is 6.10 Å². The van der Waals surface area contributed by atoms with Crippen molar-refractivity contribution in [2.45, 2.75) is 54.1 Å². The SMILES string of the molecule is O=C(Nc1ccc(F)c(F)c1)c1ccc(Cl)c(S(=O)(=O)[C@H]2CC3CCC(C2)[C@@]3(O)C(O)Cn2ccnc2)c1. The highest BCUT2D eigenvalue weighted by Crippen LogP contribution is 2.53. The van der Waals surface area contributed by atoms with Gasteiger partial charge in [-0.25, -0.2) is 22.2 Å². The number of benzene rings is 2. The average molecular weight is 566 g/mol. The molecule has 0 spiro atoms. The molecule has 3 aromatic rings. The number of hydrogen-bond donors (Lipinski definition) is 3. The fourth-order valence-electron chi connectivity index (χ4n) is 5.90. The fraction of sp³-hybridized carbons (Fsp3) is 0.385. The highest BCUT2D eigenvalue weighted by molar-refractivity contribution is 7.92. The summed E-state index contributed by atoms with van der Waals surface area (Å²) in [6.07, 6.45) is 5.15. The topological polar surface area (TPSA) is 122 Å². The van der Waals surface area contributed by atoms with E-state index in [1.807, 2.05) is 0 Å². The molecule has 8 nitrogen and oxygen atoms in total. The smallest absolute Gasteiger partial charge is 0.255 e. The van der Waals surface area contributed by atoms with Crippen molar-refractivity contribution in [2.24, 2.45) is 11.8 Å². The van der Waals surface area contributed by atoms with E-state index in [4.69, 9.17) is 11.6 Å². The van der Waals surface area contributed by atoms with Crippen LogP contribution in [-0.4, -0.2) is 51.0 Å². The molecule has 1 heterocycles. The van der Waals surface area contributed by atoms with Gasteiger partial charge < -0.3 is 20.1 Å². The quantitative estimate of drug-likeness (QED) is 0.400. The lowest BCUT2D eigenvalue weighted by Gasteiger charge is -2.45. The van der Waals surface area contributed by atoms with Crippen LogP contribution in [0.4, 0.5) is 14.5 Å². The summed E-state index contributed by atoms with van der Waals surface area (Å²) in [6.45, 7) is 0.141. The summed E-state index contributed by atoms with van der Waals surface area (Å²) in [7, 11) is -4.02. The average Bonchev–Trinajstić information content (AvgIpc) is 3.42. The Hall–Kier alpha value is -2.86. The minimum atomic E-state index is -4.02. The van der Waals surface area contributed by atoms with Crippen LogP contribution in [0.15, 0.2) is 60.0 Å². The number of sulfone groups is 1. The van der Waals surface area contributed by atoms with Gasteiger partial charge in [-0.15, -0.1) is 0 Å². The fourth-order valence-corrected chi connectivity index (χ4v) is 8.30. The van der Waals surface area contributed by atoms with E-state index >= 15 is 0 Å². The lowest BCUT2D eigenvalue weighted by molar-refractivity contribution is -0.146. The number of hydrogen-bond acceptors (Lipinski definition) is 6. The number of nitrogens with one attached hydrogen (secondary N) is 1. The lowest BCUT2D eigenvalue weighted by Crippen LogP contribution is -2.56. The molecule has 2 aliphatic rings. The van der Waals surface area contributed by atoms with Gasteiger partial charge in [0.15, 0.2) is 21.5 Å². The van der Waals surface area contributed by atoms with Crippen LogP contribution in [0.5, 0.6) is 0 Å². The van der Waals surface area contributed by atoms with E-state index in [1.165, 1.54) is 24.3 Å². The van der Waals surface area contributed by atoms with Gasteiger partial charge in [0.25, 0.3) is 5.91 Å². The molecular weight excluding hydrogens is 540 g/mol. The third-order valence-electron chi connectivity index (χ3n) is 7.86. The molecule has 2 aromatic carbocycles. The number of fused-ring (bicyclic) bond motifs is 2. The summed E-state index contributed by atoms with van der Waals surface area (Å²) in [5.74, 6) is -3.78. The van der Waals surface area contributed by atoms with Crippen molar-refractivity contribution < 1.29 is 32.2 Å². The maximum atomic E-state index is 13.7. The summed E-state index contributed by atoms with van der Waals surface area (Å²) in [4.78, 5) is 16.5. The van der Waals surface area contributed by atoms with Gasteiger partial charge in [0.2, 0.25) is 0 Å². The monoisotopic (exact) mass is 565 g/mol. The van der Waals surface area contributed by atoms with Crippen molar-refractivity contribution in [1.82, 2.24) is 9.55 Å². The van der Waals surface area contributed by atoms with Crippen LogP contribution < -0.4 is 5.32 Å². The highest BCUT2D eigenvalue weighted by atomic mass is 35.5. The molecule has 1 amide bonds. The van der Waals surface area contributed by atoms with Crippen LogP contribution >= 0.6 is 11.6 Å². The van der Waals surface area contributed by atoms with Crippen LogP contribution in [0.25, 0.3) is 0 Å². The molecule has 2 aliphatic carbocycles. The van der Waals surface area contributed by atoms with Crippen molar-refractivity contribution >= 4 is 33.0 Å². The zero-order valence-electron chi connectivity index (χ0n) is 20.1. The molecule has 2 saturated carbocycles. The van der Waals surface area contributed by atoms with E-state index in [0.29, 0.717) is 12.8 Å². The summed E-state index contributed by atoms with van der Waals surface area (Å²) in [6, 6.07) is 6.69. The number of imidazole rings is 1. The first-order valence-electron chi connectivity index (χ1n) is 12.2. The van der Waals surface area contributed by atoms with Gasteiger partial charge in [-0.1, -0.05) is 11.6 Å². The summed E-state index contributed by atoms with van der Waals surface area (Å²) in [5.41, 5.74) is -1.44. The Kier molecular flexibility index (Phi) is 7.06. The summed E-state index contributed by atoms with van der Waals surface area (Å²) < 4.78 is 55.8.